The van der Waals surface area contributed by atoms with E-state index in [1.807, 2.05) is 30.3 Å². The van der Waals surface area contributed by atoms with Crippen LogP contribution in [0.4, 0.5) is 11.4 Å². The molecule has 6 nitrogen and oxygen atoms in total. The summed E-state index contributed by atoms with van der Waals surface area (Å²) >= 11 is 7.16. The highest BCUT2D eigenvalue weighted by atomic mass is 35.5. The Morgan fingerprint density at radius 3 is 2.61 bits per heavy atom. The Hall–Kier alpha value is -2.35. The molecule has 2 amide bonds. The van der Waals surface area contributed by atoms with Gasteiger partial charge in [-0.05, 0) is 36.4 Å². The molecule has 0 aromatic heterocycles. The Morgan fingerprint density at radius 1 is 1.21 bits per heavy atom. The largest absolute Gasteiger partial charge is 0.383 e. The van der Waals surface area contributed by atoms with Crippen molar-refractivity contribution in [1.82, 2.24) is 4.90 Å². The zero-order chi connectivity index (χ0) is 19.9. The van der Waals surface area contributed by atoms with Crippen molar-refractivity contribution in [3.63, 3.8) is 0 Å². The predicted molar refractivity (Wildman–Crippen MR) is 113 cm³/mol. The molecule has 3 rings (SSSR count). The SMILES string of the molecule is COCCN1C(=O)C(CC(=O)Nc2ccc(Cl)cc2)SC1=Nc1ccccc1. The monoisotopic (exact) mass is 417 g/mol. The molecule has 0 spiro atoms. The van der Waals surface area contributed by atoms with E-state index in [9.17, 15) is 9.59 Å². The van der Waals surface area contributed by atoms with Gasteiger partial charge in [-0.25, -0.2) is 4.99 Å². The summed E-state index contributed by atoms with van der Waals surface area (Å²) in [5, 5.41) is 3.44. The lowest BCUT2D eigenvalue weighted by molar-refractivity contribution is -0.128. The summed E-state index contributed by atoms with van der Waals surface area (Å²) in [6.45, 7) is 0.785. The van der Waals surface area contributed by atoms with Gasteiger partial charge in [-0.2, -0.15) is 0 Å². The first-order chi connectivity index (χ1) is 13.6. The minimum Gasteiger partial charge on any atom is -0.383 e. The lowest BCUT2D eigenvalue weighted by Crippen LogP contribution is -2.35. The molecule has 1 saturated heterocycles. The van der Waals surface area contributed by atoms with Gasteiger partial charge in [0.25, 0.3) is 0 Å². The zero-order valence-corrected chi connectivity index (χ0v) is 16.9. The van der Waals surface area contributed by atoms with Crippen LogP contribution in [0.15, 0.2) is 59.6 Å². The summed E-state index contributed by atoms with van der Waals surface area (Å²) in [6.07, 6.45) is 0.0589. The van der Waals surface area contributed by atoms with Crippen LogP contribution in [-0.4, -0.2) is 47.4 Å². The average molecular weight is 418 g/mol. The Morgan fingerprint density at radius 2 is 1.93 bits per heavy atom. The number of halogens is 1. The van der Waals surface area contributed by atoms with E-state index in [1.165, 1.54) is 11.8 Å². The molecule has 8 heteroatoms. The van der Waals surface area contributed by atoms with E-state index in [2.05, 4.69) is 10.3 Å². The fraction of sp³-hybridized carbons (Fsp3) is 0.250. The van der Waals surface area contributed by atoms with Crippen LogP contribution in [0.2, 0.25) is 5.02 Å². The van der Waals surface area contributed by atoms with E-state index in [1.54, 1.807) is 36.3 Å². The lowest BCUT2D eigenvalue weighted by atomic mass is 10.2. The summed E-state index contributed by atoms with van der Waals surface area (Å²) in [6, 6.07) is 16.2. The molecule has 1 aliphatic heterocycles. The van der Waals surface area contributed by atoms with Gasteiger partial charge < -0.3 is 10.1 Å². The summed E-state index contributed by atoms with van der Waals surface area (Å²) in [5.41, 5.74) is 1.39. The van der Waals surface area contributed by atoms with Crippen molar-refractivity contribution in [2.75, 3.05) is 25.6 Å². The first-order valence-corrected chi connectivity index (χ1v) is 9.98. The van der Waals surface area contributed by atoms with Crippen LogP contribution in [0.3, 0.4) is 0 Å². The minimum absolute atomic E-state index is 0.0589. The number of thioether (sulfide) groups is 1. The molecular formula is C20H20ClN3O3S. The first kappa shape index (κ1) is 20.4. The van der Waals surface area contributed by atoms with Crippen molar-refractivity contribution in [3.8, 4) is 0 Å². The van der Waals surface area contributed by atoms with E-state index in [0.717, 1.165) is 5.69 Å². The number of rotatable bonds is 7. The molecule has 0 radical (unpaired) electrons. The van der Waals surface area contributed by atoms with E-state index in [4.69, 9.17) is 16.3 Å². The fourth-order valence-electron chi connectivity index (χ4n) is 2.64. The lowest BCUT2D eigenvalue weighted by Gasteiger charge is -2.15. The molecule has 0 saturated carbocycles. The van der Waals surface area contributed by atoms with Crippen LogP contribution in [0.25, 0.3) is 0 Å². The fourth-order valence-corrected chi connectivity index (χ4v) is 3.95. The highest BCUT2D eigenvalue weighted by molar-refractivity contribution is 8.15. The molecule has 2 aromatic rings. The minimum atomic E-state index is -0.522. The third-order valence-corrected chi connectivity index (χ3v) is 5.45. The topological polar surface area (TPSA) is 71.0 Å². The Labute approximate surface area is 172 Å². The molecule has 1 heterocycles. The number of nitrogens with one attached hydrogen (secondary N) is 1. The van der Waals surface area contributed by atoms with Crippen LogP contribution >= 0.6 is 23.4 Å². The van der Waals surface area contributed by atoms with Gasteiger partial charge in [-0.15, -0.1) is 0 Å². The summed E-state index contributed by atoms with van der Waals surface area (Å²) in [7, 11) is 1.58. The quantitative estimate of drug-likeness (QED) is 0.740. The third-order valence-electron chi connectivity index (χ3n) is 4.02. The molecule has 0 bridgehead atoms. The van der Waals surface area contributed by atoms with Gasteiger partial charge in [-0.1, -0.05) is 41.6 Å². The molecule has 1 unspecified atom stereocenters. The molecular weight excluding hydrogens is 398 g/mol. The highest BCUT2D eigenvalue weighted by Gasteiger charge is 2.38. The van der Waals surface area contributed by atoms with Crippen LogP contribution < -0.4 is 5.32 Å². The average Bonchev–Trinajstić information content (AvgIpc) is 2.97. The number of hydrogen-bond donors (Lipinski definition) is 1. The van der Waals surface area contributed by atoms with Gasteiger partial charge in [0.05, 0.1) is 18.8 Å². The van der Waals surface area contributed by atoms with Crippen molar-refractivity contribution in [3.05, 3.63) is 59.6 Å². The second-order valence-corrected chi connectivity index (χ2v) is 7.68. The number of para-hydroxylation sites is 1. The Balaban J connectivity index is 1.70. The van der Waals surface area contributed by atoms with Gasteiger partial charge >= 0.3 is 0 Å². The number of aliphatic imine (C=N–C) groups is 1. The van der Waals surface area contributed by atoms with Crippen molar-refractivity contribution < 1.29 is 14.3 Å². The Bertz CT molecular complexity index is 859. The third kappa shape index (κ3) is 5.34. The van der Waals surface area contributed by atoms with E-state index in [-0.39, 0.29) is 18.2 Å². The zero-order valence-electron chi connectivity index (χ0n) is 15.3. The highest BCUT2D eigenvalue weighted by Crippen LogP contribution is 2.31. The number of carbonyl (C=O) groups is 2. The van der Waals surface area contributed by atoms with Gasteiger partial charge in [0.1, 0.15) is 5.25 Å². The second-order valence-electron chi connectivity index (χ2n) is 6.08. The molecule has 0 aliphatic carbocycles. The van der Waals surface area contributed by atoms with Crippen molar-refractivity contribution in [2.45, 2.75) is 11.7 Å². The molecule has 1 fully saturated rings. The number of amides is 2. The number of nitrogens with zero attached hydrogens (tertiary/aromatic N) is 2. The number of benzene rings is 2. The van der Waals surface area contributed by atoms with Gasteiger partial charge in [0, 0.05) is 24.2 Å². The smallest absolute Gasteiger partial charge is 0.242 e. The molecule has 2 aromatic carbocycles. The number of carbonyl (C=O) groups excluding carboxylic acids is 2. The van der Waals surface area contributed by atoms with Crippen molar-refractivity contribution in [2.24, 2.45) is 4.99 Å². The standard InChI is InChI=1S/C20H20ClN3O3S/c1-27-12-11-24-19(26)17(28-20(24)23-15-5-3-2-4-6-15)13-18(25)22-16-9-7-14(21)8-10-16/h2-10,17H,11-13H2,1H3,(H,22,25). The van der Waals surface area contributed by atoms with E-state index in [0.29, 0.717) is 29.0 Å². The number of hydrogen-bond acceptors (Lipinski definition) is 5. The number of methoxy groups -OCH3 is 1. The number of amidine groups is 1. The maximum atomic E-state index is 12.8. The maximum absolute atomic E-state index is 12.8. The van der Waals surface area contributed by atoms with Crippen LogP contribution in [0.5, 0.6) is 0 Å². The summed E-state index contributed by atoms with van der Waals surface area (Å²) in [4.78, 5) is 31.4. The second kappa shape index (κ2) is 9.73. The van der Waals surface area contributed by atoms with Crippen molar-refractivity contribution >= 4 is 51.7 Å². The van der Waals surface area contributed by atoms with Crippen LogP contribution in [-0.2, 0) is 14.3 Å². The maximum Gasteiger partial charge on any atom is 0.242 e. The molecule has 146 valence electrons. The normalized spacial score (nSPS) is 17.9. The number of ether oxygens (including phenoxy) is 1. The molecule has 1 atom stereocenters. The predicted octanol–water partition coefficient (Wildman–Crippen LogP) is 3.95. The van der Waals surface area contributed by atoms with Crippen LogP contribution in [0.1, 0.15) is 6.42 Å². The summed E-state index contributed by atoms with van der Waals surface area (Å²) in [5.74, 6) is -0.371. The van der Waals surface area contributed by atoms with E-state index < -0.39 is 5.25 Å². The Kier molecular flexibility index (Phi) is 7.08. The van der Waals surface area contributed by atoms with Gasteiger partial charge in [-0.3, -0.25) is 14.5 Å². The van der Waals surface area contributed by atoms with Gasteiger partial charge in [0.2, 0.25) is 11.8 Å². The van der Waals surface area contributed by atoms with Gasteiger partial charge in [0.15, 0.2) is 5.17 Å². The molecule has 1 N–H and O–H groups in total. The first-order valence-electron chi connectivity index (χ1n) is 8.73. The molecule has 28 heavy (non-hydrogen) atoms. The van der Waals surface area contributed by atoms with Crippen molar-refractivity contribution in [1.29, 1.82) is 0 Å². The molecule has 1 aliphatic rings. The number of anilines is 1. The van der Waals surface area contributed by atoms with Crippen LogP contribution in [0, 0.1) is 0 Å². The van der Waals surface area contributed by atoms with E-state index >= 15 is 0 Å². The summed E-state index contributed by atoms with van der Waals surface area (Å²) < 4.78 is 5.11.